The fraction of sp³-hybridized carbons (Fsp3) is 0.462. The van der Waals surface area contributed by atoms with Gasteiger partial charge in [0.1, 0.15) is 5.76 Å². The molecule has 3 rings (SSSR count). The van der Waals surface area contributed by atoms with Crippen LogP contribution in [0.2, 0.25) is 0 Å². The molecule has 0 saturated carbocycles. The molecule has 1 amide bonds. The molecule has 1 fully saturated rings. The first-order valence-corrected chi connectivity index (χ1v) is 6.60. The normalized spacial score (nSPS) is 19.6. The molecule has 1 unspecified atom stereocenters. The Morgan fingerprint density at radius 3 is 3.10 bits per heavy atom. The highest BCUT2D eigenvalue weighted by atomic mass is 16.5. The van der Waals surface area contributed by atoms with Crippen molar-refractivity contribution >= 4 is 5.91 Å². The number of hydrogen-bond donors (Lipinski definition) is 1. The number of amides is 1. The highest BCUT2D eigenvalue weighted by Crippen LogP contribution is 2.22. The Morgan fingerprint density at radius 2 is 2.45 bits per heavy atom. The van der Waals surface area contributed by atoms with Crippen molar-refractivity contribution in [1.82, 2.24) is 19.8 Å². The first-order chi connectivity index (χ1) is 9.61. The molecule has 2 aromatic heterocycles. The maximum atomic E-state index is 11.1. The van der Waals surface area contributed by atoms with Gasteiger partial charge in [0, 0.05) is 31.9 Å². The third-order valence-corrected chi connectivity index (χ3v) is 3.57. The largest absolute Gasteiger partial charge is 0.366 e. The molecular weight excluding hydrogens is 258 g/mol. The van der Waals surface area contributed by atoms with Crippen molar-refractivity contribution in [2.45, 2.75) is 25.9 Å². The molecule has 0 aromatic carbocycles. The number of aryl methyl sites for hydroxylation is 1. The van der Waals surface area contributed by atoms with Gasteiger partial charge in [0.05, 0.1) is 23.5 Å². The van der Waals surface area contributed by atoms with Crippen LogP contribution in [-0.4, -0.2) is 38.8 Å². The third kappa shape index (κ3) is 2.57. The van der Waals surface area contributed by atoms with Crippen LogP contribution in [0.3, 0.4) is 0 Å². The van der Waals surface area contributed by atoms with Gasteiger partial charge in [0.2, 0.25) is 0 Å². The van der Waals surface area contributed by atoms with Crippen molar-refractivity contribution in [1.29, 1.82) is 0 Å². The first-order valence-electron chi connectivity index (χ1n) is 6.60. The number of rotatable bonds is 4. The summed E-state index contributed by atoms with van der Waals surface area (Å²) in [5.74, 6) is 0.387. The van der Waals surface area contributed by atoms with Crippen LogP contribution in [0.5, 0.6) is 0 Å². The summed E-state index contributed by atoms with van der Waals surface area (Å²) in [4.78, 5) is 13.4. The van der Waals surface area contributed by atoms with Gasteiger partial charge in [-0.15, -0.1) is 0 Å². The van der Waals surface area contributed by atoms with Crippen LogP contribution in [0.1, 0.15) is 34.3 Å². The molecule has 20 heavy (non-hydrogen) atoms. The summed E-state index contributed by atoms with van der Waals surface area (Å²) in [5.41, 5.74) is 6.64. The van der Waals surface area contributed by atoms with Gasteiger partial charge in [-0.05, 0) is 13.3 Å². The molecule has 106 valence electrons. The van der Waals surface area contributed by atoms with E-state index in [1.807, 2.05) is 17.7 Å². The average molecular weight is 275 g/mol. The van der Waals surface area contributed by atoms with Crippen molar-refractivity contribution in [3.8, 4) is 0 Å². The minimum Gasteiger partial charge on any atom is -0.366 e. The van der Waals surface area contributed by atoms with E-state index in [0.29, 0.717) is 5.56 Å². The molecule has 0 radical (unpaired) electrons. The van der Waals surface area contributed by atoms with E-state index in [1.165, 1.54) is 6.20 Å². The Kier molecular flexibility index (Phi) is 3.27. The molecule has 2 N–H and O–H groups in total. The number of carbonyl (C=O) groups excluding carboxylic acids is 1. The topological polar surface area (TPSA) is 90.2 Å². The number of aromatic nitrogens is 3. The maximum Gasteiger partial charge on any atom is 0.251 e. The van der Waals surface area contributed by atoms with Gasteiger partial charge >= 0.3 is 0 Å². The molecule has 1 atom stereocenters. The van der Waals surface area contributed by atoms with Crippen LogP contribution in [0.25, 0.3) is 0 Å². The number of primary amides is 1. The minimum atomic E-state index is -0.441. The molecule has 0 aliphatic carbocycles. The van der Waals surface area contributed by atoms with Crippen LogP contribution in [0.4, 0.5) is 0 Å². The monoisotopic (exact) mass is 275 g/mol. The Labute approximate surface area is 116 Å². The summed E-state index contributed by atoms with van der Waals surface area (Å²) in [6.45, 7) is 4.52. The third-order valence-electron chi connectivity index (χ3n) is 3.57. The van der Waals surface area contributed by atoms with Gasteiger partial charge < -0.3 is 10.3 Å². The lowest BCUT2D eigenvalue weighted by molar-refractivity contribution is 0.1000. The second kappa shape index (κ2) is 5.09. The quantitative estimate of drug-likeness (QED) is 0.888. The number of nitrogens with two attached hydrogens (primary N) is 1. The Hall–Kier alpha value is -2.15. The van der Waals surface area contributed by atoms with Crippen LogP contribution in [0.15, 0.2) is 23.0 Å². The van der Waals surface area contributed by atoms with Crippen LogP contribution in [-0.2, 0) is 6.54 Å². The van der Waals surface area contributed by atoms with Gasteiger partial charge in [-0.1, -0.05) is 5.16 Å². The number of hydrogen-bond acceptors (Lipinski definition) is 5. The molecule has 7 nitrogen and oxygen atoms in total. The predicted octanol–water partition coefficient (Wildman–Crippen LogP) is 0.725. The second-order valence-electron chi connectivity index (χ2n) is 5.18. The van der Waals surface area contributed by atoms with E-state index in [2.05, 4.69) is 15.2 Å². The summed E-state index contributed by atoms with van der Waals surface area (Å²) in [6.07, 6.45) is 4.24. The average Bonchev–Trinajstić information content (AvgIpc) is 3.10. The lowest BCUT2D eigenvalue weighted by atomic mass is 10.2. The van der Waals surface area contributed by atoms with Crippen molar-refractivity contribution in [3.05, 3.63) is 35.5 Å². The van der Waals surface area contributed by atoms with E-state index in [9.17, 15) is 4.79 Å². The second-order valence-corrected chi connectivity index (χ2v) is 5.18. The SMILES string of the molecule is Cc1cc(CN2CCC(n3cc(C(N)=O)cn3)C2)no1. The maximum absolute atomic E-state index is 11.1. The fourth-order valence-electron chi connectivity index (χ4n) is 2.56. The first kappa shape index (κ1) is 12.9. The van der Waals surface area contributed by atoms with E-state index in [4.69, 9.17) is 10.3 Å². The van der Waals surface area contributed by atoms with E-state index in [1.54, 1.807) is 6.20 Å². The van der Waals surface area contributed by atoms with Crippen molar-refractivity contribution < 1.29 is 9.32 Å². The van der Waals surface area contributed by atoms with Crippen molar-refractivity contribution in [2.24, 2.45) is 5.73 Å². The molecule has 1 aliphatic rings. The van der Waals surface area contributed by atoms with Gasteiger partial charge in [-0.2, -0.15) is 5.10 Å². The zero-order chi connectivity index (χ0) is 14.1. The number of carbonyl (C=O) groups is 1. The molecule has 0 spiro atoms. The van der Waals surface area contributed by atoms with E-state index < -0.39 is 5.91 Å². The molecular formula is C13H17N5O2. The molecule has 1 aliphatic heterocycles. The highest BCUT2D eigenvalue weighted by Gasteiger charge is 2.25. The lowest BCUT2D eigenvalue weighted by Crippen LogP contribution is -2.21. The molecule has 1 saturated heterocycles. The molecule has 7 heteroatoms. The smallest absolute Gasteiger partial charge is 0.251 e. The zero-order valence-electron chi connectivity index (χ0n) is 11.3. The van der Waals surface area contributed by atoms with Crippen LogP contribution in [0, 0.1) is 6.92 Å². The minimum absolute atomic E-state index is 0.274. The highest BCUT2D eigenvalue weighted by molar-refractivity contribution is 5.92. The van der Waals surface area contributed by atoms with E-state index in [-0.39, 0.29) is 6.04 Å². The van der Waals surface area contributed by atoms with Gasteiger partial charge in [0.15, 0.2) is 0 Å². The van der Waals surface area contributed by atoms with Gasteiger partial charge in [-0.3, -0.25) is 14.4 Å². The van der Waals surface area contributed by atoms with Crippen molar-refractivity contribution in [2.75, 3.05) is 13.1 Å². The number of likely N-dealkylation sites (tertiary alicyclic amines) is 1. The summed E-state index contributed by atoms with van der Waals surface area (Å²) >= 11 is 0. The standard InChI is InChI=1S/C13H17N5O2/c1-9-4-11(16-20-9)7-17-3-2-12(8-17)18-6-10(5-15-18)13(14)19/h4-6,12H,2-3,7-8H2,1H3,(H2,14,19). The van der Waals surface area contributed by atoms with E-state index in [0.717, 1.165) is 37.5 Å². The summed E-state index contributed by atoms with van der Waals surface area (Å²) in [7, 11) is 0. The summed E-state index contributed by atoms with van der Waals surface area (Å²) < 4.78 is 6.90. The molecule has 2 aromatic rings. The summed E-state index contributed by atoms with van der Waals surface area (Å²) in [6, 6.07) is 2.22. The number of nitrogens with zero attached hydrogens (tertiary/aromatic N) is 4. The van der Waals surface area contributed by atoms with E-state index >= 15 is 0 Å². The van der Waals surface area contributed by atoms with Gasteiger partial charge in [-0.25, -0.2) is 0 Å². The Bertz CT molecular complexity index is 618. The van der Waals surface area contributed by atoms with Crippen LogP contribution >= 0.6 is 0 Å². The van der Waals surface area contributed by atoms with Crippen molar-refractivity contribution in [3.63, 3.8) is 0 Å². The van der Waals surface area contributed by atoms with Crippen LogP contribution < -0.4 is 5.73 Å². The Morgan fingerprint density at radius 1 is 1.60 bits per heavy atom. The zero-order valence-corrected chi connectivity index (χ0v) is 11.3. The predicted molar refractivity (Wildman–Crippen MR) is 70.9 cm³/mol. The lowest BCUT2D eigenvalue weighted by Gasteiger charge is -2.14. The van der Waals surface area contributed by atoms with Gasteiger partial charge in [0.25, 0.3) is 5.91 Å². The molecule has 3 heterocycles. The summed E-state index contributed by atoms with van der Waals surface area (Å²) in [5, 5.41) is 8.22. The Balaban J connectivity index is 1.62. The molecule has 0 bridgehead atoms. The fourth-order valence-corrected chi connectivity index (χ4v) is 2.56.